The molecule has 5 heteroatoms. The number of allylic oxidation sites excluding steroid dienone is 2. The van der Waals surface area contributed by atoms with E-state index in [1.807, 2.05) is 40.0 Å². The van der Waals surface area contributed by atoms with Crippen LogP contribution >= 0.6 is 0 Å². The van der Waals surface area contributed by atoms with Gasteiger partial charge in [0.25, 0.3) is 0 Å². The summed E-state index contributed by atoms with van der Waals surface area (Å²) in [4.78, 5) is 0. The van der Waals surface area contributed by atoms with Crippen LogP contribution in [-0.2, 0) is 20.5 Å². The molecule has 0 amide bonds. The van der Waals surface area contributed by atoms with Gasteiger partial charge in [0, 0.05) is 0 Å². The summed E-state index contributed by atoms with van der Waals surface area (Å²) in [6, 6.07) is 0.120. The van der Waals surface area contributed by atoms with Gasteiger partial charge >= 0.3 is 0 Å². The fourth-order valence-electron chi connectivity index (χ4n) is 2.39. The normalized spacial score (nSPS) is 26.0. The van der Waals surface area contributed by atoms with Crippen LogP contribution in [0.15, 0.2) is 24.7 Å². The van der Waals surface area contributed by atoms with Crippen LogP contribution in [-0.4, -0.2) is 27.2 Å². The third kappa shape index (κ3) is 7.84. The highest BCUT2D eigenvalue weighted by Gasteiger charge is 2.26. The van der Waals surface area contributed by atoms with Gasteiger partial charge in [-0.3, -0.25) is 0 Å². The molecule has 0 aromatic carbocycles. The lowest BCUT2D eigenvalue weighted by atomic mass is 10.0. The van der Waals surface area contributed by atoms with E-state index >= 15 is 0 Å². The van der Waals surface area contributed by atoms with Crippen LogP contribution in [0.25, 0.3) is 0 Å². The molecule has 0 aliphatic carbocycles. The van der Waals surface area contributed by atoms with Gasteiger partial charge in [-0.2, -0.15) is 0 Å². The lowest BCUT2D eigenvalue weighted by Crippen LogP contribution is -2.44. The van der Waals surface area contributed by atoms with Crippen LogP contribution in [0.5, 0.6) is 0 Å². The average Bonchev–Trinajstić information content (AvgIpc) is 2.56. The average molecular weight is 358 g/mol. The van der Waals surface area contributed by atoms with Gasteiger partial charge in [-0.1, -0.05) is 13.8 Å². The molecule has 1 N–H and O–H groups in total. The van der Waals surface area contributed by atoms with Crippen LogP contribution < -0.4 is 4.72 Å². The van der Waals surface area contributed by atoms with Gasteiger partial charge in [-0.05, 0) is 71.4 Å². The predicted octanol–water partition coefficient (Wildman–Crippen LogP) is 4.45. The highest BCUT2D eigenvalue weighted by Crippen LogP contribution is 2.17. The summed E-state index contributed by atoms with van der Waals surface area (Å²) in [6.07, 6.45) is 12.7. The van der Waals surface area contributed by atoms with Crippen LogP contribution in [0.2, 0.25) is 0 Å². The van der Waals surface area contributed by atoms with Crippen LogP contribution in [0.1, 0.15) is 67.2 Å². The maximum atomic E-state index is 11.8. The van der Waals surface area contributed by atoms with Crippen molar-refractivity contribution in [3.63, 3.8) is 0 Å². The maximum absolute atomic E-state index is 11.8. The van der Waals surface area contributed by atoms with Crippen LogP contribution in [0.3, 0.4) is 0 Å². The van der Waals surface area contributed by atoms with Crippen molar-refractivity contribution in [2.45, 2.75) is 90.2 Å². The first-order chi connectivity index (χ1) is 11.2. The molecule has 0 saturated heterocycles. The Hall–Kier alpha value is -0.810. The van der Waals surface area contributed by atoms with E-state index in [0.29, 0.717) is 12.0 Å². The fraction of sp³-hybridized carbons (Fsp3) is 0.789. The van der Waals surface area contributed by atoms with Gasteiger partial charge in [0.1, 0.15) is 12.2 Å². The number of nitrogens with one attached hydrogen (secondary N) is 1. The summed E-state index contributed by atoms with van der Waals surface area (Å²) in [5.41, 5.74) is 0. The quantitative estimate of drug-likeness (QED) is 0.808. The second-order valence-corrected chi connectivity index (χ2v) is 9.78. The first kappa shape index (κ1) is 21.2. The van der Waals surface area contributed by atoms with Gasteiger partial charge in [0.15, 0.2) is 0 Å². The van der Waals surface area contributed by atoms with Gasteiger partial charge in [-0.15, -0.1) is 0 Å². The molecule has 0 radical (unpaired) electrons. The Bertz CT molecular complexity index is 440. The van der Waals surface area contributed by atoms with E-state index < -0.39 is 11.0 Å². The molecule has 140 valence electrons. The number of ether oxygens (including phenoxy) is 2. The van der Waals surface area contributed by atoms with Crippen molar-refractivity contribution >= 4 is 11.0 Å². The SMILES string of the molecule is CC(C)[C@@H]1CCC=CO1.C[C@@H](N[S@](=O)C(C)(C)C)[C@@H]1CCC=CO1. The molecule has 4 atom stereocenters. The zero-order valence-corrected chi connectivity index (χ0v) is 16.9. The molecule has 0 unspecified atom stereocenters. The Balaban J connectivity index is 0.000000272. The van der Waals surface area contributed by atoms with Crippen molar-refractivity contribution in [3.05, 3.63) is 24.7 Å². The largest absolute Gasteiger partial charge is 0.498 e. The van der Waals surface area contributed by atoms with Crippen molar-refractivity contribution in [2.75, 3.05) is 0 Å². The molecule has 2 aliphatic rings. The first-order valence-corrected chi connectivity index (χ1v) is 10.2. The second kappa shape index (κ2) is 10.2. The lowest BCUT2D eigenvalue weighted by Gasteiger charge is -2.28. The minimum Gasteiger partial charge on any atom is -0.498 e. The van der Waals surface area contributed by atoms with E-state index in [2.05, 4.69) is 24.6 Å². The van der Waals surface area contributed by atoms with Gasteiger partial charge in [0.2, 0.25) is 0 Å². The fourth-order valence-corrected chi connectivity index (χ4v) is 3.23. The molecule has 0 aromatic heterocycles. The summed E-state index contributed by atoms with van der Waals surface area (Å²) >= 11 is 0. The van der Waals surface area contributed by atoms with E-state index in [4.69, 9.17) is 9.47 Å². The molecule has 2 heterocycles. The zero-order chi connectivity index (χ0) is 18.2. The molecule has 24 heavy (non-hydrogen) atoms. The molecule has 0 aromatic rings. The molecule has 0 saturated carbocycles. The monoisotopic (exact) mass is 357 g/mol. The number of rotatable bonds is 4. The molecular formula is C19H35NO3S. The molecular weight excluding hydrogens is 322 g/mol. The van der Waals surface area contributed by atoms with Crippen molar-refractivity contribution < 1.29 is 13.7 Å². The van der Waals surface area contributed by atoms with Gasteiger partial charge < -0.3 is 9.47 Å². The Kier molecular flexibility index (Phi) is 9.06. The summed E-state index contributed by atoms with van der Waals surface area (Å²) in [6.45, 7) is 12.3. The minimum absolute atomic E-state index is 0.120. The minimum atomic E-state index is -1.02. The lowest BCUT2D eigenvalue weighted by molar-refractivity contribution is 0.0829. The van der Waals surface area contributed by atoms with E-state index in [1.54, 1.807) is 6.26 Å². The van der Waals surface area contributed by atoms with Crippen molar-refractivity contribution in [1.29, 1.82) is 0 Å². The maximum Gasteiger partial charge on any atom is 0.114 e. The summed E-state index contributed by atoms with van der Waals surface area (Å²) in [7, 11) is -1.02. The van der Waals surface area contributed by atoms with E-state index in [-0.39, 0.29) is 16.9 Å². The van der Waals surface area contributed by atoms with Crippen molar-refractivity contribution in [2.24, 2.45) is 5.92 Å². The standard InChI is InChI=1S/C11H21NO2S.C8H14O/c1-9(10-7-5-6-8-14-10)12-15(13)11(2,3)4;1-7(2)8-5-3-4-6-9-8/h6,8-10,12H,5,7H2,1-4H3;4,6-8H,3,5H2,1-2H3/t9-,10+,15-;8-/m10/s1. The van der Waals surface area contributed by atoms with Crippen LogP contribution in [0, 0.1) is 5.92 Å². The number of hydrogen-bond acceptors (Lipinski definition) is 3. The highest BCUT2D eigenvalue weighted by atomic mass is 32.2. The van der Waals surface area contributed by atoms with Crippen LogP contribution in [0.4, 0.5) is 0 Å². The van der Waals surface area contributed by atoms with Crippen molar-refractivity contribution in [1.82, 2.24) is 4.72 Å². The molecule has 2 rings (SSSR count). The van der Waals surface area contributed by atoms with E-state index in [0.717, 1.165) is 12.8 Å². The predicted molar refractivity (Wildman–Crippen MR) is 102 cm³/mol. The van der Waals surface area contributed by atoms with E-state index in [1.165, 1.54) is 12.8 Å². The first-order valence-electron chi connectivity index (χ1n) is 9.00. The topological polar surface area (TPSA) is 47.6 Å². The molecule has 2 aliphatic heterocycles. The third-order valence-electron chi connectivity index (χ3n) is 4.09. The molecule has 0 spiro atoms. The summed E-state index contributed by atoms with van der Waals surface area (Å²) in [5, 5.41) is 0. The molecule has 4 nitrogen and oxygen atoms in total. The Morgan fingerprint density at radius 3 is 1.83 bits per heavy atom. The molecule has 0 fully saturated rings. The summed E-state index contributed by atoms with van der Waals surface area (Å²) < 4.78 is 25.6. The van der Waals surface area contributed by atoms with Gasteiger partial charge in [0.05, 0.1) is 34.3 Å². The van der Waals surface area contributed by atoms with E-state index in [9.17, 15) is 4.21 Å². The Morgan fingerprint density at radius 1 is 1.00 bits per heavy atom. The summed E-state index contributed by atoms with van der Waals surface area (Å²) in [5.74, 6) is 0.662. The highest BCUT2D eigenvalue weighted by molar-refractivity contribution is 7.84. The third-order valence-corrected chi connectivity index (χ3v) is 5.78. The van der Waals surface area contributed by atoms with Crippen molar-refractivity contribution in [3.8, 4) is 0 Å². The smallest absolute Gasteiger partial charge is 0.114 e. The number of hydrogen-bond donors (Lipinski definition) is 1. The zero-order valence-electron chi connectivity index (χ0n) is 16.1. The second-order valence-electron chi connectivity index (χ2n) is 7.78. The van der Waals surface area contributed by atoms with Gasteiger partial charge in [-0.25, -0.2) is 8.93 Å². The Morgan fingerprint density at radius 2 is 1.50 bits per heavy atom. The Labute approximate surface area is 150 Å². The molecule has 0 bridgehead atoms.